The number of nitrogens with one attached hydrogen (secondary N) is 2. The van der Waals surface area contributed by atoms with Crippen molar-refractivity contribution >= 4 is 23.2 Å². The van der Waals surface area contributed by atoms with E-state index in [4.69, 9.17) is 16.1 Å². The highest BCUT2D eigenvalue weighted by molar-refractivity contribution is 6.34. The van der Waals surface area contributed by atoms with E-state index in [1.54, 1.807) is 18.2 Å². The number of benzene rings is 1. The van der Waals surface area contributed by atoms with E-state index in [1.807, 2.05) is 27.7 Å². The molecule has 2 N–H and O–H groups in total. The minimum atomic E-state index is -0.272. The highest BCUT2D eigenvalue weighted by atomic mass is 35.5. The molecule has 0 spiro atoms. The molecule has 7 heteroatoms. The summed E-state index contributed by atoms with van der Waals surface area (Å²) in [6, 6.07) is 5.22. The van der Waals surface area contributed by atoms with Crippen LogP contribution in [0.15, 0.2) is 22.7 Å². The van der Waals surface area contributed by atoms with Crippen LogP contribution in [-0.2, 0) is 13.0 Å². The van der Waals surface area contributed by atoms with Crippen molar-refractivity contribution in [1.29, 1.82) is 0 Å². The summed E-state index contributed by atoms with van der Waals surface area (Å²) in [4.78, 5) is 16.5. The number of nitrogens with zero attached hydrogens (tertiary/aromatic N) is 2. The van der Waals surface area contributed by atoms with Crippen LogP contribution < -0.4 is 10.6 Å². The lowest BCUT2D eigenvalue weighted by Crippen LogP contribution is -2.42. The van der Waals surface area contributed by atoms with Gasteiger partial charge in [0.2, 0.25) is 5.89 Å². The first-order chi connectivity index (χ1) is 11.3. The summed E-state index contributed by atoms with van der Waals surface area (Å²) >= 11 is 6.25. The van der Waals surface area contributed by atoms with E-state index in [1.165, 1.54) is 0 Å². The third-order valence-corrected chi connectivity index (χ3v) is 4.13. The van der Waals surface area contributed by atoms with Crippen molar-refractivity contribution in [3.05, 3.63) is 40.5 Å². The number of carbonyl (C=O) groups excluding carboxylic acids is 1. The van der Waals surface area contributed by atoms with E-state index >= 15 is 0 Å². The lowest BCUT2D eigenvalue weighted by atomic mass is 10.0. The van der Waals surface area contributed by atoms with Gasteiger partial charge in [-0.1, -0.05) is 30.6 Å². The van der Waals surface area contributed by atoms with Gasteiger partial charge in [-0.2, -0.15) is 4.98 Å². The number of aromatic nitrogens is 2. The SMILES string of the molecule is CCc1noc(CNc2ccc(C(=O)NC(C)(C)CC)c(Cl)c2)n1. The van der Waals surface area contributed by atoms with Crippen LogP contribution >= 0.6 is 11.6 Å². The minimum Gasteiger partial charge on any atom is -0.376 e. The van der Waals surface area contributed by atoms with Crippen LogP contribution in [0.4, 0.5) is 5.69 Å². The van der Waals surface area contributed by atoms with E-state index in [0.717, 1.165) is 18.5 Å². The van der Waals surface area contributed by atoms with E-state index < -0.39 is 0 Å². The standard InChI is InChI=1S/C17H23ClN4O2/c1-5-14-20-15(24-22-14)10-19-11-7-8-12(13(18)9-11)16(23)21-17(3,4)6-2/h7-9,19H,5-6,10H2,1-4H3,(H,21,23). The zero-order chi connectivity index (χ0) is 17.7. The smallest absolute Gasteiger partial charge is 0.253 e. The first-order valence-electron chi connectivity index (χ1n) is 8.02. The molecule has 1 amide bonds. The Hall–Kier alpha value is -2.08. The molecule has 0 aliphatic carbocycles. The molecule has 0 fully saturated rings. The maximum absolute atomic E-state index is 12.3. The fourth-order valence-corrected chi connectivity index (χ4v) is 2.22. The summed E-state index contributed by atoms with van der Waals surface area (Å²) in [7, 11) is 0. The van der Waals surface area contributed by atoms with Crippen LogP contribution in [0.25, 0.3) is 0 Å². The lowest BCUT2D eigenvalue weighted by molar-refractivity contribution is 0.0911. The van der Waals surface area contributed by atoms with Crippen LogP contribution in [-0.4, -0.2) is 21.6 Å². The van der Waals surface area contributed by atoms with Gasteiger partial charge < -0.3 is 15.2 Å². The summed E-state index contributed by atoms with van der Waals surface area (Å²) in [5.41, 5.74) is 0.962. The van der Waals surface area contributed by atoms with Crippen molar-refractivity contribution in [2.24, 2.45) is 0 Å². The van der Waals surface area contributed by atoms with Crippen molar-refractivity contribution in [2.75, 3.05) is 5.32 Å². The number of amides is 1. The molecule has 130 valence electrons. The summed E-state index contributed by atoms with van der Waals surface area (Å²) in [6.07, 6.45) is 1.56. The monoisotopic (exact) mass is 350 g/mol. The van der Waals surface area contributed by atoms with Gasteiger partial charge in [-0.05, 0) is 38.5 Å². The maximum atomic E-state index is 12.3. The normalized spacial score (nSPS) is 11.4. The van der Waals surface area contributed by atoms with Crippen LogP contribution in [0.3, 0.4) is 0 Å². The molecular weight excluding hydrogens is 328 g/mol. The lowest BCUT2D eigenvalue weighted by Gasteiger charge is -2.24. The molecule has 1 aromatic carbocycles. The van der Waals surface area contributed by atoms with E-state index in [0.29, 0.717) is 28.8 Å². The topological polar surface area (TPSA) is 80.0 Å². The first-order valence-corrected chi connectivity index (χ1v) is 8.40. The van der Waals surface area contributed by atoms with Gasteiger partial charge in [-0.15, -0.1) is 0 Å². The van der Waals surface area contributed by atoms with Crippen LogP contribution in [0.5, 0.6) is 0 Å². The Bertz CT molecular complexity index is 712. The molecule has 0 aliphatic rings. The van der Waals surface area contributed by atoms with Crippen molar-refractivity contribution in [1.82, 2.24) is 15.5 Å². The molecule has 0 atom stereocenters. The number of rotatable bonds is 7. The van der Waals surface area contributed by atoms with E-state index in [-0.39, 0.29) is 11.4 Å². The number of hydrogen-bond donors (Lipinski definition) is 2. The van der Waals surface area contributed by atoms with E-state index in [9.17, 15) is 4.79 Å². The Morgan fingerprint density at radius 1 is 1.33 bits per heavy atom. The molecule has 0 aliphatic heterocycles. The zero-order valence-corrected chi connectivity index (χ0v) is 15.2. The van der Waals surface area contributed by atoms with Gasteiger partial charge in [0.1, 0.15) is 0 Å². The predicted molar refractivity (Wildman–Crippen MR) is 94.3 cm³/mol. The first kappa shape index (κ1) is 18.3. The fraction of sp³-hybridized carbons (Fsp3) is 0.471. The van der Waals surface area contributed by atoms with Gasteiger partial charge in [0.05, 0.1) is 17.1 Å². The fourth-order valence-electron chi connectivity index (χ4n) is 1.96. The molecule has 1 aromatic heterocycles. The van der Waals surface area contributed by atoms with Gasteiger partial charge >= 0.3 is 0 Å². The molecule has 6 nitrogen and oxygen atoms in total. The average Bonchev–Trinajstić information content (AvgIpc) is 3.00. The molecule has 0 unspecified atom stereocenters. The van der Waals surface area contributed by atoms with Gasteiger partial charge in [-0.25, -0.2) is 0 Å². The quantitative estimate of drug-likeness (QED) is 0.793. The Labute approximate surface area is 147 Å². The molecular formula is C17H23ClN4O2. The highest BCUT2D eigenvalue weighted by Crippen LogP contribution is 2.22. The molecule has 2 aromatic rings. The Morgan fingerprint density at radius 3 is 2.67 bits per heavy atom. The van der Waals surface area contributed by atoms with Crippen LogP contribution in [0, 0.1) is 0 Å². The highest BCUT2D eigenvalue weighted by Gasteiger charge is 2.20. The zero-order valence-electron chi connectivity index (χ0n) is 14.4. The van der Waals surface area contributed by atoms with Gasteiger partial charge in [-0.3, -0.25) is 4.79 Å². The summed E-state index contributed by atoms with van der Waals surface area (Å²) in [5, 5.41) is 10.4. The van der Waals surface area contributed by atoms with Gasteiger partial charge in [0.15, 0.2) is 5.82 Å². The van der Waals surface area contributed by atoms with Crippen molar-refractivity contribution in [2.45, 2.75) is 52.6 Å². The minimum absolute atomic E-state index is 0.178. The second-order valence-electron chi connectivity index (χ2n) is 6.20. The summed E-state index contributed by atoms with van der Waals surface area (Å²) < 4.78 is 5.12. The predicted octanol–water partition coefficient (Wildman–Crippen LogP) is 3.82. The van der Waals surface area contributed by atoms with E-state index in [2.05, 4.69) is 20.8 Å². The molecule has 0 saturated carbocycles. The third-order valence-electron chi connectivity index (χ3n) is 3.82. The molecule has 0 saturated heterocycles. The Morgan fingerprint density at radius 2 is 2.08 bits per heavy atom. The summed E-state index contributed by atoms with van der Waals surface area (Å²) in [5.74, 6) is 1.01. The number of carbonyl (C=O) groups is 1. The maximum Gasteiger partial charge on any atom is 0.253 e. The summed E-state index contributed by atoms with van der Waals surface area (Å²) in [6.45, 7) is 8.34. The average molecular weight is 351 g/mol. The second kappa shape index (κ2) is 7.66. The second-order valence-corrected chi connectivity index (χ2v) is 6.60. The number of halogens is 1. The van der Waals surface area contributed by atoms with Gasteiger partial charge in [0.25, 0.3) is 5.91 Å². The van der Waals surface area contributed by atoms with Crippen LogP contribution in [0.1, 0.15) is 56.2 Å². The number of anilines is 1. The van der Waals surface area contributed by atoms with Gasteiger partial charge in [0, 0.05) is 17.6 Å². The molecule has 0 radical (unpaired) electrons. The van der Waals surface area contributed by atoms with Crippen molar-refractivity contribution < 1.29 is 9.32 Å². The third kappa shape index (κ3) is 4.71. The van der Waals surface area contributed by atoms with Crippen molar-refractivity contribution in [3.63, 3.8) is 0 Å². The van der Waals surface area contributed by atoms with Crippen molar-refractivity contribution in [3.8, 4) is 0 Å². The number of hydrogen-bond acceptors (Lipinski definition) is 5. The molecule has 24 heavy (non-hydrogen) atoms. The largest absolute Gasteiger partial charge is 0.376 e. The Kier molecular flexibility index (Phi) is 5.83. The Balaban J connectivity index is 2.02. The van der Waals surface area contributed by atoms with Crippen LogP contribution in [0.2, 0.25) is 5.02 Å². The molecule has 0 bridgehead atoms. The number of aryl methyl sites for hydroxylation is 1. The molecule has 1 heterocycles. The molecule has 2 rings (SSSR count).